The highest BCUT2D eigenvalue weighted by Crippen LogP contribution is 2.35. The third-order valence-electron chi connectivity index (χ3n) is 5.44. The monoisotopic (exact) mass is 437 g/mol. The Bertz CT molecular complexity index is 1120. The van der Waals surface area contributed by atoms with Crippen LogP contribution >= 0.6 is 11.3 Å². The molecule has 0 spiro atoms. The minimum absolute atomic E-state index is 0.0547. The predicted molar refractivity (Wildman–Crippen MR) is 121 cm³/mol. The van der Waals surface area contributed by atoms with Crippen molar-refractivity contribution in [2.24, 2.45) is 5.92 Å². The molecule has 3 aromatic rings. The maximum absolute atomic E-state index is 9.30. The highest BCUT2D eigenvalue weighted by atomic mass is 32.1. The first kappa shape index (κ1) is 19.7. The Kier molecular flexibility index (Phi) is 5.40. The molecule has 0 radical (unpaired) electrons. The molecule has 2 aliphatic heterocycles. The largest absolute Gasteiger partial charge is 0.383 e. The summed E-state index contributed by atoms with van der Waals surface area (Å²) in [7, 11) is 0. The molecule has 2 saturated heterocycles. The molecule has 2 fully saturated rings. The lowest BCUT2D eigenvalue weighted by molar-refractivity contribution is 0.122. The van der Waals surface area contributed by atoms with Crippen molar-refractivity contribution in [2.45, 2.75) is 12.8 Å². The van der Waals surface area contributed by atoms with E-state index in [1.165, 1.54) is 0 Å². The number of piperidine rings is 1. The molecule has 31 heavy (non-hydrogen) atoms. The van der Waals surface area contributed by atoms with Crippen LogP contribution in [0.25, 0.3) is 10.2 Å². The molecule has 2 aliphatic rings. The molecule has 5 rings (SSSR count). The maximum Gasteiger partial charge on any atom is 0.229 e. The van der Waals surface area contributed by atoms with Gasteiger partial charge in [-0.2, -0.15) is 15.2 Å². The zero-order valence-corrected chi connectivity index (χ0v) is 17.8. The summed E-state index contributed by atoms with van der Waals surface area (Å²) in [5.74, 6) is 2.30. The fourth-order valence-corrected chi connectivity index (χ4v) is 4.91. The summed E-state index contributed by atoms with van der Waals surface area (Å²) in [5, 5.41) is 13.5. The van der Waals surface area contributed by atoms with Gasteiger partial charge in [0.15, 0.2) is 10.9 Å². The standard InChI is InChI=1S/C20H23N9OS/c21-11-13-2-1-5-29(12-13)20-24-14-3-4-23-18(17(14)31-20)26-16-10-15(22)25-19(27-16)28-6-8-30-9-7-28/h3-4,10,13H,1-2,5-9,12H2,(H3,22,23,25,26,27). The Morgan fingerprint density at radius 1 is 1.19 bits per heavy atom. The number of ether oxygens (including phenoxy) is 1. The van der Waals surface area contributed by atoms with E-state index in [1.807, 2.05) is 6.07 Å². The summed E-state index contributed by atoms with van der Waals surface area (Å²) in [5.41, 5.74) is 6.92. The van der Waals surface area contributed by atoms with E-state index in [2.05, 4.69) is 36.1 Å². The van der Waals surface area contributed by atoms with Crippen LogP contribution in [0.1, 0.15) is 12.8 Å². The number of nitrogens with zero attached hydrogens (tertiary/aromatic N) is 7. The fraction of sp³-hybridized carbons (Fsp3) is 0.450. The summed E-state index contributed by atoms with van der Waals surface area (Å²) < 4.78 is 6.36. The number of nitrogens with one attached hydrogen (secondary N) is 1. The Morgan fingerprint density at radius 2 is 2.06 bits per heavy atom. The van der Waals surface area contributed by atoms with E-state index < -0.39 is 0 Å². The Labute approximate surface area is 183 Å². The molecule has 0 aromatic carbocycles. The summed E-state index contributed by atoms with van der Waals surface area (Å²) in [4.78, 5) is 22.6. The minimum atomic E-state index is 0.0547. The van der Waals surface area contributed by atoms with Gasteiger partial charge in [-0.3, -0.25) is 0 Å². The number of rotatable bonds is 4. The quantitative estimate of drug-likeness (QED) is 0.627. The van der Waals surface area contributed by atoms with Crippen LogP contribution in [0.15, 0.2) is 18.3 Å². The average Bonchev–Trinajstić information content (AvgIpc) is 3.25. The predicted octanol–water partition coefficient (Wildman–Crippen LogP) is 2.38. The zero-order chi connectivity index (χ0) is 21.2. The van der Waals surface area contributed by atoms with Crippen molar-refractivity contribution in [3.8, 4) is 6.07 Å². The van der Waals surface area contributed by atoms with Gasteiger partial charge in [0.2, 0.25) is 5.95 Å². The van der Waals surface area contributed by atoms with E-state index in [0.29, 0.717) is 36.6 Å². The van der Waals surface area contributed by atoms with Crippen LogP contribution in [0, 0.1) is 17.2 Å². The number of thiazole rings is 1. The number of nitriles is 1. The molecule has 11 heteroatoms. The van der Waals surface area contributed by atoms with Gasteiger partial charge < -0.3 is 25.6 Å². The van der Waals surface area contributed by atoms with Gasteiger partial charge in [0, 0.05) is 38.4 Å². The first-order valence-electron chi connectivity index (χ1n) is 10.3. The topological polar surface area (TPSA) is 129 Å². The van der Waals surface area contributed by atoms with E-state index in [0.717, 1.165) is 54.4 Å². The average molecular weight is 438 g/mol. The van der Waals surface area contributed by atoms with Crippen molar-refractivity contribution < 1.29 is 4.74 Å². The molecule has 1 unspecified atom stereocenters. The van der Waals surface area contributed by atoms with Crippen LogP contribution in [-0.4, -0.2) is 59.3 Å². The molecule has 0 saturated carbocycles. The molecule has 0 bridgehead atoms. The van der Waals surface area contributed by atoms with Crippen molar-refractivity contribution in [3.05, 3.63) is 18.3 Å². The summed E-state index contributed by atoms with van der Waals surface area (Å²) in [6.07, 6.45) is 3.69. The van der Waals surface area contributed by atoms with E-state index in [9.17, 15) is 5.26 Å². The molecule has 0 amide bonds. The summed E-state index contributed by atoms with van der Waals surface area (Å²) >= 11 is 1.58. The number of nitrogens with two attached hydrogens (primary N) is 1. The number of aromatic nitrogens is 4. The molecule has 3 N–H and O–H groups in total. The second-order valence-corrected chi connectivity index (χ2v) is 8.60. The van der Waals surface area contributed by atoms with Crippen molar-refractivity contribution in [2.75, 3.05) is 60.2 Å². The molecular formula is C20H23N9OS. The minimum Gasteiger partial charge on any atom is -0.383 e. The highest BCUT2D eigenvalue weighted by molar-refractivity contribution is 7.22. The molecule has 10 nitrogen and oxygen atoms in total. The molecule has 3 aromatic heterocycles. The van der Waals surface area contributed by atoms with Crippen LogP contribution in [-0.2, 0) is 4.74 Å². The molecule has 1 atom stereocenters. The lowest BCUT2D eigenvalue weighted by Gasteiger charge is -2.28. The van der Waals surface area contributed by atoms with Crippen LogP contribution in [0.2, 0.25) is 0 Å². The van der Waals surface area contributed by atoms with E-state index in [-0.39, 0.29) is 5.92 Å². The van der Waals surface area contributed by atoms with E-state index in [4.69, 9.17) is 15.5 Å². The molecular weight excluding hydrogens is 414 g/mol. The van der Waals surface area contributed by atoms with E-state index >= 15 is 0 Å². The maximum atomic E-state index is 9.30. The van der Waals surface area contributed by atoms with Gasteiger partial charge >= 0.3 is 0 Å². The fourth-order valence-electron chi connectivity index (χ4n) is 3.87. The zero-order valence-electron chi connectivity index (χ0n) is 17.0. The Morgan fingerprint density at radius 3 is 2.90 bits per heavy atom. The Balaban J connectivity index is 1.42. The SMILES string of the molecule is N#CC1CCCN(c2nc3ccnc(Nc4cc(N)nc(N5CCOCC5)n4)c3s2)C1. The van der Waals surface area contributed by atoms with Gasteiger partial charge in [0.1, 0.15) is 11.6 Å². The van der Waals surface area contributed by atoms with Gasteiger partial charge in [0.05, 0.1) is 35.4 Å². The summed E-state index contributed by atoms with van der Waals surface area (Å²) in [6.45, 7) is 4.39. The second-order valence-electron chi connectivity index (χ2n) is 7.62. The number of anilines is 5. The third kappa shape index (κ3) is 4.17. The van der Waals surface area contributed by atoms with Crippen molar-refractivity contribution in [1.29, 1.82) is 5.26 Å². The smallest absolute Gasteiger partial charge is 0.229 e. The highest BCUT2D eigenvalue weighted by Gasteiger charge is 2.23. The van der Waals surface area contributed by atoms with Crippen LogP contribution < -0.4 is 20.9 Å². The van der Waals surface area contributed by atoms with Gasteiger partial charge in [-0.25, -0.2) is 9.97 Å². The van der Waals surface area contributed by atoms with Gasteiger partial charge in [0.25, 0.3) is 0 Å². The normalized spacial score (nSPS) is 19.4. The van der Waals surface area contributed by atoms with Crippen LogP contribution in [0.3, 0.4) is 0 Å². The number of hydrogen-bond donors (Lipinski definition) is 2. The van der Waals surface area contributed by atoms with E-state index in [1.54, 1.807) is 23.6 Å². The summed E-state index contributed by atoms with van der Waals surface area (Å²) in [6, 6.07) is 6.00. The second kappa shape index (κ2) is 8.49. The first-order chi connectivity index (χ1) is 15.2. The van der Waals surface area contributed by atoms with Crippen molar-refractivity contribution in [3.63, 3.8) is 0 Å². The van der Waals surface area contributed by atoms with Gasteiger partial charge in [-0.15, -0.1) is 0 Å². The molecule has 5 heterocycles. The number of hydrogen-bond acceptors (Lipinski definition) is 11. The third-order valence-corrected chi connectivity index (χ3v) is 6.58. The number of morpholine rings is 1. The molecule has 0 aliphatic carbocycles. The number of nitrogen functional groups attached to an aromatic ring is 1. The first-order valence-corrected chi connectivity index (χ1v) is 11.2. The van der Waals surface area contributed by atoms with Crippen molar-refractivity contribution in [1.82, 2.24) is 19.9 Å². The number of pyridine rings is 1. The Hall–Kier alpha value is -3.23. The van der Waals surface area contributed by atoms with Crippen molar-refractivity contribution >= 4 is 50.1 Å². The van der Waals surface area contributed by atoms with Gasteiger partial charge in [-0.1, -0.05) is 11.3 Å². The van der Waals surface area contributed by atoms with Crippen LogP contribution in [0.5, 0.6) is 0 Å². The number of fused-ring (bicyclic) bond motifs is 1. The van der Waals surface area contributed by atoms with Crippen LogP contribution in [0.4, 0.5) is 28.5 Å². The van der Waals surface area contributed by atoms with Gasteiger partial charge in [-0.05, 0) is 18.9 Å². The molecule has 160 valence electrons. The lowest BCUT2D eigenvalue weighted by Crippen LogP contribution is -2.37. The lowest BCUT2D eigenvalue weighted by atomic mass is 10.0.